The molecule has 0 aliphatic carbocycles. The third-order valence-corrected chi connectivity index (χ3v) is 45.5. The summed E-state index contributed by atoms with van der Waals surface area (Å²) in [6.07, 6.45) is -4.78. The highest BCUT2D eigenvalue weighted by molar-refractivity contribution is 8.68. The van der Waals surface area contributed by atoms with Crippen LogP contribution >= 0.6 is 55.4 Å². The molecule has 6 heterocycles. The van der Waals surface area contributed by atoms with Gasteiger partial charge in [0.1, 0.15) is 0 Å². The number of thiol groups is 3. The Balaban J connectivity index is 0.000000914. The van der Waals surface area contributed by atoms with Crippen molar-refractivity contribution in [3.05, 3.63) is 0 Å². The predicted molar refractivity (Wildman–Crippen MR) is 268 cm³/mol. The van der Waals surface area contributed by atoms with E-state index in [2.05, 4.69) is 170 Å². The number of rotatable bonds is 14. The van der Waals surface area contributed by atoms with Crippen molar-refractivity contribution in [2.24, 2.45) is 41.4 Å². The molecule has 15 nitrogen and oxygen atoms in total. The molecule has 0 aromatic heterocycles. The molecule has 60 heavy (non-hydrogen) atoms. The van der Waals surface area contributed by atoms with Crippen LogP contribution in [0.3, 0.4) is 0 Å². The minimum atomic E-state index is -3.81. The highest BCUT2D eigenvalue weighted by atomic mass is 33.1. The molecule has 32 heteroatoms. The van der Waals surface area contributed by atoms with Gasteiger partial charge in [-0.3, -0.25) is 0 Å². The van der Waals surface area contributed by atoms with E-state index in [1.807, 2.05) is 0 Å². The van der Waals surface area contributed by atoms with Crippen LogP contribution in [0.15, 0.2) is 0 Å². The van der Waals surface area contributed by atoms with Crippen LogP contribution in [-0.4, -0.2) is 71.2 Å². The number of hydrogen-bond acceptors (Lipinski definition) is 18. The van der Waals surface area contributed by atoms with Gasteiger partial charge in [0.15, 0.2) is 0 Å². The van der Waals surface area contributed by atoms with E-state index in [9.17, 15) is 13.7 Å². The van der Waals surface area contributed by atoms with Crippen LogP contribution in [0.5, 0.6) is 0 Å². The topological polar surface area (TPSA) is 162 Å². The van der Waals surface area contributed by atoms with E-state index >= 15 is 0 Å². The average Bonchev–Trinajstić information content (AvgIpc) is 2.89. The summed E-state index contributed by atoms with van der Waals surface area (Å²) in [5, 5.41) is 0. The van der Waals surface area contributed by atoms with Gasteiger partial charge in [-0.15, -0.1) is 0 Å². The summed E-state index contributed by atoms with van der Waals surface area (Å²) >= 11 is 21.9. The highest BCUT2D eigenvalue weighted by Crippen LogP contribution is 2.53. The fourth-order valence-electron chi connectivity index (χ4n) is 7.39. The van der Waals surface area contributed by atoms with Crippen molar-refractivity contribution in [1.29, 1.82) is 0 Å². The molecule has 3 atom stereocenters. The molecule has 6 fully saturated rings. The molecule has 1 radical (unpaired) electrons. The third kappa shape index (κ3) is 19.6. The van der Waals surface area contributed by atoms with E-state index in [4.69, 9.17) is 49.4 Å². The first-order valence-electron chi connectivity index (χ1n) is 20.0. The zero-order valence-corrected chi connectivity index (χ0v) is 52.8. The first-order valence-corrected chi connectivity index (χ1v) is 45.0. The summed E-state index contributed by atoms with van der Waals surface area (Å²) < 4.78 is 117. The molecule has 351 valence electrons. The van der Waals surface area contributed by atoms with E-state index in [0.717, 1.165) is 0 Å². The Morgan fingerprint density at radius 2 is 0.467 bits per heavy atom. The maximum Gasteiger partial charge on any atom is 0.553 e. The average molecular weight is 1150 g/mol. The first kappa shape index (κ1) is 59.8. The normalized spacial score (nSPS) is 35.5. The summed E-state index contributed by atoms with van der Waals surface area (Å²) in [6.45, 7) is 30.2. The number of hydrogen-bond donors (Lipinski definition) is 3. The van der Waals surface area contributed by atoms with E-state index in [1.165, 1.54) is 0 Å². The molecule has 8 bridgehead atoms. The van der Waals surface area contributed by atoms with Crippen LogP contribution in [0.4, 0.5) is 0 Å². The summed E-state index contributed by atoms with van der Waals surface area (Å²) in [7, 11) is -29.0. The summed E-state index contributed by atoms with van der Waals surface area (Å²) in [6, 6.07) is 3.59. The summed E-state index contributed by atoms with van der Waals surface area (Å²) in [4.78, 5) is 0. The lowest BCUT2D eigenvalue weighted by Gasteiger charge is -2.62. The molecule has 0 spiro atoms. The van der Waals surface area contributed by atoms with E-state index < -0.39 is 89.8 Å². The quantitative estimate of drug-likeness (QED) is 0.0651. The van der Waals surface area contributed by atoms with Crippen LogP contribution in [0.1, 0.15) is 96.9 Å². The fraction of sp³-hybridized carbons (Fsp3) is 1.00. The van der Waals surface area contributed by atoms with Gasteiger partial charge in [-0.05, 0) is 41.4 Å². The van der Waals surface area contributed by atoms with E-state index in [1.54, 1.807) is 0 Å². The third-order valence-electron chi connectivity index (χ3n) is 8.12. The second-order valence-corrected chi connectivity index (χ2v) is 51.0. The zero-order chi connectivity index (χ0) is 46.3. The Morgan fingerprint density at radius 1 is 0.350 bits per heavy atom. The van der Waals surface area contributed by atoms with Crippen LogP contribution in [0.25, 0.3) is 0 Å². The molecule has 6 rings (SSSR count). The summed E-state index contributed by atoms with van der Waals surface area (Å²) in [5.74, 6) is 1.13. The molecule has 0 N–H and O–H groups in total. The molecular weight excluding hydrogens is 1090 g/mol. The van der Waals surface area contributed by atoms with Crippen LogP contribution < -0.4 is 0 Å². The van der Waals surface area contributed by atoms with Gasteiger partial charge in [0, 0.05) is 42.3 Å². The van der Waals surface area contributed by atoms with Gasteiger partial charge in [-0.1, -0.05) is 111 Å². The second kappa shape index (κ2) is 25.0. The lowest BCUT2D eigenvalue weighted by Crippen LogP contribution is -2.87. The molecule has 0 amide bonds. The van der Waals surface area contributed by atoms with Gasteiger partial charge in [-0.2, -0.15) is 0 Å². The van der Waals surface area contributed by atoms with Crippen molar-refractivity contribution in [3.63, 3.8) is 0 Å². The van der Waals surface area contributed by atoms with Gasteiger partial charge in [0.2, 0.25) is 0 Å². The molecule has 3 unspecified atom stereocenters. The minimum Gasteiger partial charge on any atom is -0.432 e. The molecular formula is C28H66O15P3S6Si8. The largest absolute Gasteiger partial charge is 0.553 e. The Kier molecular flexibility index (Phi) is 24.9. The van der Waals surface area contributed by atoms with Crippen molar-refractivity contribution in [1.82, 2.24) is 0 Å². The van der Waals surface area contributed by atoms with Gasteiger partial charge in [0.25, 0.3) is 18.6 Å². The van der Waals surface area contributed by atoms with Crippen LogP contribution in [0.2, 0.25) is 42.3 Å². The first-order chi connectivity index (χ1) is 27.3. The Morgan fingerprint density at radius 3 is 0.600 bits per heavy atom. The van der Waals surface area contributed by atoms with Crippen molar-refractivity contribution in [2.45, 2.75) is 139 Å². The van der Waals surface area contributed by atoms with E-state index in [-0.39, 0.29) is 41.4 Å². The smallest absolute Gasteiger partial charge is 0.432 e. The Bertz CT molecular complexity index is 1270. The lowest BCUT2D eigenvalue weighted by molar-refractivity contribution is -0.0264. The fourth-order valence-corrected chi connectivity index (χ4v) is 54.5. The minimum absolute atomic E-state index is 0.157. The molecule has 6 saturated heterocycles. The Labute approximate surface area is 403 Å². The molecule has 6 aliphatic rings. The maximum absolute atomic E-state index is 9.27. The molecule has 0 aromatic carbocycles. The van der Waals surface area contributed by atoms with E-state index in [0.29, 0.717) is 42.3 Å². The predicted octanol–water partition coefficient (Wildman–Crippen LogP) is 10.8. The standard InChI is InChI=1S/C28H63O12Si8.3HOPS2/c1-22(2)15-42-29-41-30-43(16-23(3)4)34-45(32-42,18-25(7)8)38-48(21-28(13)14)39-46(33-42,19-26(9)10)35-44(31-41,17-24(5)6)37-47(36-43,40-48)20-27(11)12;3*1-2(3)4/h22-28H,15-21H2,1-14H3;3*(H,1,3,4). The highest BCUT2D eigenvalue weighted by Gasteiger charge is 2.81. The van der Waals surface area contributed by atoms with Crippen molar-refractivity contribution < 1.29 is 63.1 Å². The van der Waals surface area contributed by atoms with Gasteiger partial charge in [-0.25, -0.2) is 0 Å². The van der Waals surface area contributed by atoms with Gasteiger partial charge in [0.05, 0.1) is 36.7 Å². The zero-order valence-electron chi connectivity index (χ0n) is 37.0. The van der Waals surface area contributed by atoms with Gasteiger partial charge < -0.3 is 86.1 Å². The van der Waals surface area contributed by atoms with Crippen LogP contribution in [0, 0.1) is 41.4 Å². The Hall–Kier alpha value is 3.66. The monoisotopic (exact) mass is 1150 g/mol. The SMILES string of the molecule is CC(C)C[Si]12O[Si]3O[Si]4(CC(C)C)O[Si](CC(C)C)(O1)O[Si]1(CC(C)C)O[Si](CC(C)C)(O2)O[Si](CC(C)C)(O3)O[Si](CC(C)C)(O4)O1.O=[P+]([S-])S.O=[P+]([S-])S.O=[P+]([S-])S. The molecule has 0 aromatic rings. The second-order valence-electron chi connectivity index (χ2n) is 18.2. The maximum atomic E-state index is 9.27. The lowest BCUT2D eigenvalue weighted by atomic mass is 10.3. The molecule has 0 saturated carbocycles. The summed E-state index contributed by atoms with van der Waals surface area (Å²) in [5.41, 5.74) is 0. The van der Waals surface area contributed by atoms with Crippen molar-refractivity contribution in [2.75, 3.05) is 0 Å². The molecule has 6 aliphatic heterocycles. The van der Waals surface area contributed by atoms with Crippen LogP contribution in [-0.2, 0) is 99.8 Å². The van der Waals surface area contributed by atoms with Gasteiger partial charge >= 0.3 is 71.2 Å². The van der Waals surface area contributed by atoms with Crippen molar-refractivity contribution in [3.8, 4) is 0 Å². The van der Waals surface area contributed by atoms with Crippen molar-refractivity contribution >= 4 is 163 Å².